The highest BCUT2D eigenvalue weighted by Gasteiger charge is 2.08. The van der Waals surface area contributed by atoms with Gasteiger partial charge in [0.05, 0.1) is 13.7 Å². The molecule has 0 saturated heterocycles. The molecule has 4 heteroatoms. The van der Waals surface area contributed by atoms with E-state index in [0.717, 1.165) is 43.9 Å². The van der Waals surface area contributed by atoms with Gasteiger partial charge in [-0.15, -0.1) is 0 Å². The number of methoxy groups -OCH3 is 1. The summed E-state index contributed by atoms with van der Waals surface area (Å²) < 4.78 is 7.64. The van der Waals surface area contributed by atoms with Crippen molar-refractivity contribution in [2.45, 2.75) is 32.7 Å². The van der Waals surface area contributed by atoms with E-state index in [9.17, 15) is 0 Å². The third-order valence-electron chi connectivity index (χ3n) is 3.47. The standard InChI is InChI=1S/C16H23N3O/c1-3-16-18-9-10-19(16)12-14-11-13(5-4-8-17)6-7-15(14)20-2/h6-7,9-11H,3-5,8,12,17H2,1-2H3. The molecule has 1 heterocycles. The molecule has 2 aromatic rings. The summed E-state index contributed by atoms with van der Waals surface area (Å²) in [5.74, 6) is 2.02. The van der Waals surface area contributed by atoms with Crippen LogP contribution in [0.3, 0.4) is 0 Å². The predicted octanol–water partition coefficient (Wildman–Crippen LogP) is 2.39. The highest BCUT2D eigenvalue weighted by molar-refractivity contribution is 5.37. The Kier molecular flexibility index (Phi) is 5.18. The van der Waals surface area contributed by atoms with Crippen molar-refractivity contribution in [1.29, 1.82) is 0 Å². The predicted molar refractivity (Wildman–Crippen MR) is 81.1 cm³/mol. The first-order valence-electron chi connectivity index (χ1n) is 7.14. The van der Waals surface area contributed by atoms with Crippen LogP contribution in [0.5, 0.6) is 5.75 Å². The molecule has 108 valence electrons. The van der Waals surface area contributed by atoms with Crippen LogP contribution in [0.1, 0.15) is 30.3 Å². The van der Waals surface area contributed by atoms with Gasteiger partial charge in [0.2, 0.25) is 0 Å². The van der Waals surface area contributed by atoms with Crippen LogP contribution >= 0.6 is 0 Å². The van der Waals surface area contributed by atoms with E-state index in [4.69, 9.17) is 10.5 Å². The molecule has 2 N–H and O–H groups in total. The molecule has 0 aliphatic heterocycles. The zero-order valence-corrected chi connectivity index (χ0v) is 12.3. The molecule has 2 rings (SSSR count). The largest absolute Gasteiger partial charge is 0.496 e. The summed E-state index contributed by atoms with van der Waals surface area (Å²) in [7, 11) is 1.72. The second-order valence-electron chi connectivity index (χ2n) is 4.86. The minimum absolute atomic E-state index is 0.725. The zero-order valence-electron chi connectivity index (χ0n) is 12.3. The molecule has 1 aromatic heterocycles. The monoisotopic (exact) mass is 273 g/mol. The number of imidazole rings is 1. The number of nitrogens with two attached hydrogens (primary N) is 1. The fraction of sp³-hybridized carbons (Fsp3) is 0.438. The van der Waals surface area contributed by atoms with Crippen molar-refractivity contribution in [2.24, 2.45) is 5.73 Å². The lowest BCUT2D eigenvalue weighted by atomic mass is 10.1. The van der Waals surface area contributed by atoms with Gasteiger partial charge in [0.1, 0.15) is 11.6 Å². The summed E-state index contributed by atoms with van der Waals surface area (Å²) >= 11 is 0. The maximum absolute atomic E-state index is 5.58. The highest BCUT2D eigenvalue weighted by Crippen LogP contribution is 2.22. The first kappa shape index (κ1) is 14.6. The molecule has 0 unspecified atom stereocenters. The van der Waals surface area contributed by atoms with E-state index in [0.29, 0.717) is 0 Å². The van der Waals surface area contributed by atoms with Crippen molar-refractivity contribution in [3.05, 3.63) is 47.5 Å². The molecule has 0 radical (unpaired) electrons. The first-order chi connectivity index (χ1) is 9.78. The van der Waals surface area contributed by atoms with Crippen LogP contribution in [0.4, 0.5) is 0 Å². The maximum atomic E-state index is 5.58. The van der Waals surface area contributed by atoms with Crippen molar-refractivity contribution in [3.8, 4) is 5.75 Å². The Morgan fingerprint density at radius 1 is 1.35 bits per heavy atom. The highest BCUT2D eigenvalue weighted by atomic mass is 16.5. The minimum Gasteiger partial charge on any atom is -0.496 e. The third kappa shape index (κ3) is 3.39. The van der Waals surface area contributed by atoms with Crippen molar-refractivity contribution < 1.29 is 4.74 Å². The molecular formula is C16H23N3O. The molecule has 0 fully saturated rings. The van der Waals surface area contributed by atoms with Gasteiger partial charge in [-0.2, -0.15) is 0 Å². The summed E-state index contributed by atoms with van der Waals surface area (Å²) in [5, 5.41) is 0. The Balaban J connectivity index is 2.24. The number of aromatic nitrogens is 2. The smallest absolute Gasteiger partial charge is 0.123 e. The molecule has 20 heavy (non-hydrogen) atoms. The molecule has 0 saturated carbocycles. The van der Waals surface area contributed by atoms with Gasteiger partial charge in [-0.1, -0.05) is 19.1 Å². The Morgan fingerprint density at radius 2 is 2.20 bits per heavy atom. The second kappa shape index (κ2) is 7.10. The van der Waals surface area contributed by atoms with Crippen LogP contribution < -0.4 is 10.5 Å². The quantitative estimate of drug-likeness (QED) is 0.842. The van der Waals surface area contributed by atoms with Gasteiger partial charge in [-0.3, -0.25) is 0 Å². The van der Waals surface area contributed by atoms with E-state index in [2.05, 4.69) is 28.6 Å². The number of benzene rings is 1. The Labute approximate surface area is 120 Å². The summed E-state index contributed by atoms with van der Waals surface area (Å²) in [6.45, 7) is 3.64. The van der Waals surface area contributed by atoms with Crippen LogP contribution in [0, 0.1) is 0 Å². The lowest BCUT2D eigenvalue weighted by Crippen LogP contribution is -2.06. The molecule has 0 spiro atoms. The first-order valence-corrected chi connectivity index (χ1v) is 7.14. The summed E-state index contributed by atoms with van der Waals surface area (Å²) in [4.78, 5) is 4.36. The molecule has 4 nitrogen and oxygen atoms in total. The number of hydrogen-bond acceptors (Lipinski definition) is 3. The number of hydrogen-bond donors (Lipinski definition) is 1. The topological polar surface area (TPSA) is 53.1 Å². The molecule has 1 aromatic carbocycles. The number of ether oxygens (including phenoxy) is 1. The average Bonchev–Trinajstić information content (AvgIpc) is 2.92. The van der Waals surface area contributed by atoms with Gasteiger partial charge in [-0.05, 0) is 31.0 Å². The SMILES string of the molecule is CCc1nccn1Cc1cc(CCCN)ccc1OC. The van der Waals surface area contributed by atoms with Gasteiger partial charge in [0.15, 0.2) is 0 Å². The van der Waals surface area contributed by atoms with Gasteiger partial charge >= 0.3 is 0 Å². The Hall–Kier alpha value is -1.81. The molecular weight excluding hydrogens is 250 g/mol. The van der Waals surface area contributed by atoms with E-state index in [1.165, 1.54) is 11.1 Å². The van der Waals surface area contributed by atoms with Crippen LogP contribution in [-0.4, -0.2) is 23.2 Å². The maximum Gasteiger partial charge on any atom is 0.123 e. The van der Waals surface area contributed by atoms with E-state index in [-0.39, 0.29) is 0 Å². The van der Waals surface area contributed by atoms with E-state index in [1.807, 2.05) is 18.5 Å². The van der Waals surface area contributed by atoms with Crippen LogP contribution in [0.2, 0.25) is 0 Å². The van der Waals surface area contributed by atoms with E-state index >= 15 is 0 Å². The lowest BCUT2D eigenvalue weighted by molar-refractivity contribution is 0.408. The number of rotatable bonds is 7. The zero-order chi connectivity index (χ0) is 14.4. The van der Waals surface area contributed by atoms with Crippen molar-refractivity contribution in [2.75, 3.05) is 13.7 Å². The summed E-state index contributed by atoms with van der Waals surface area (Å²) in [6.07, 6.45) is 6.83. The number of nitrogens with zero attached hydrogens (tertiary/aromatic N) is 2. The Bertz CT molecular complexity index is 548. The summed E-state index contributed by atoms with van der Waals surface area (Å²) in [6, 6.07) is 6.38. The van der Waals surface area contributed by atoms with Crippen LogP contribution in [-0.2, 0) is 19.4 Å². The fourth-order valence-electron chi connectivity index (χ4n) is 2.40. The van der Waals surface area contributed by atoms with Gasteiger partial charge < -0.3 is 15.0 Å². The van der Waals surface area contributed by atoms with Crippen LogP contribution in [0.25, 0.3) is 0 Å². The van der Waals surface area contributed by atoms with Gasteiger partial charge in [0.25, 0.3) is 0 Å². The van der Waals surface area contributed by atoms with Crippen molar-refractivity contribution in [1.82, 2.24) is 9.55 Å². The van der Waals surface area contributed by atoms with Crippen LogP contribution in [0.15, 0.2) is 30.6 Å². The van der Waals surface area contributed by atoms with Gasteiger partial charge in [0, 0.05) is 24.4 Å². The van der Waals surface area contributed by atoms with E-state index < -0.39 is 0 Å². The minimum atomic E-state index is 0.725. The number of aryl methyl sites for hydroxylation is 2. The van der Waals surface area contributed by atoms with Gasteiger partial charge in [-0.25, -0.2) is 4.98 Å². The van der Waals surface area contributed by atoms with E-state index in [1.54, 1.807) is 7.11 Å². The summed E-state index contributed by atoms with van der Waals surface area (Å²) in [5.41, 5.74) is 8.08. The molecule has 0 bridgehead atoms. The Morgan fingerprint density at radius 3 is 2.90 bits per heavy atom. The van der Waals surface area contributed by atoms with Crippen molar-refractivity contribution in [3.63, 3.8) is 0 Å². The molecule has 0 aliphatic rings. The average molecular weight is 273 g/mol. The normalized spacial score (nSPS) is 10.8. The fourth-order valence-corrected chi connectivity index (χ4v) is 2.40. The third-order valence-corrected chi connectivity index (χ3v) is 3.47. The molecule has 0 amide bonds. The van der Waals surface area contributed by atoms with Crippen molar-refractivity contribution >= 4 is 0 Å². The molecule has 0 atom stereocenters. The lowest BCUT2D eigenvalue weighted by Gasteiger charge is -2.13. The second-order valence-corrected chi connectivity index (χ2v) is 4.86. The molecule has 0 aliphatic carbocycles.